The highest BCUT2D eigenvalue weighted by Crippen LogP contribution is 2.31. The molecule has 0 N–H and O–H groups in total. The first-order valence-electron chi connectivity index (χ1n) is 9.81. The van der Waals surface area contributed by atoms with Gasteiger partial charge in [-0.25, -0.2) is 4.99 Å². The quantitative estimate of drug-likeness (QED) is 0.616. The first-order chi connectivity index (χ1) is 14.0. The molecule has 1 aliphatic heterocycles. The zero-order valence-corrected chi connectivity index (χ0v) is 18.4. The van der Waals surface area contributed by atoms with Crippen LogP contribution in [-0.2, 0) is 11.3 Å². The average Bonchev–Trinajstić information content (AvgIpc) is 3.04. The Bertz CT molecular complexity index is 913. The third-order valence-corrected chi connectivity index (χ3v) is 6.32. The summed E-state index contributed by atoms with van der Waals surface area (Å²) in [6.45, 7) is 8.96. The van der Waals surface area contributed by atoms with Gasteiger partial charge in [0.1, 0.15) is 17.2 Å². The number of ether oxygens (including phenoxy) is 3. The van der Waals surface area contributed by atoms with E-state index in [-0.39, 0.29) is 5.78 Å². The smallest absolute Gasteiger partial charge is 0.190 e. The molecule has 1 aliphatic rings. The lowest BCUT2D eigenvalue weighted by molar-refractivity contribution is 0.0369. The van der Waals surface area contributed by atoms with E-state index >= 15 is 0 Å². The number of aromatic nitrogens is 1. The minimum atomic E-state index is 0.0634. The van der Waals surface area contributed by atoms with Crippen LogP contribution in [0.2, 0.25) is 0 Å². The van der Waals surface area contributed by atoms with Gasteiger partial charge in [-0.1, -0.05) is 11.3 Å². The lowest BCUT2D eigenvalue weighted by Gasteiger charge is -2.26. The van der Waals surface area contributed by atoms with E-state index in [9.17, 15) is 4.79 Å². The fraction of sp³-hybridized carbons (Fsp3) is 0.524. The summed E-state index contributed by atoms with van der Waals surface area (Å²) in [4.78, 5) is 20.9. The Balaban J connectivity index is 1.92. The summed E-state index contributed by atoms with van der Waals surface area (Å²) in [5, 5.41) is 0. The molecule has 0 unspecified atom stereocenters. The molecule has 0 bridgehead atoms. The Hall–Kier alpha value is -2.16. The van der Waals surface area contributed by atoms with E-state index in [1.807, 2.05) is 25.1 Å². The zero-order chi connectivity index (χ0) is 20.8. The number of ketones is 1. The highest BCUT2D eigenvalue weighted by molar-refractivity contribution is 7.11. The highest BCUT2D eigenvalue weighted by Gasteiger charge is 2.15. The molecule has 29 heavy (non-hydrogen) atoms. The van der Waals surface area contributed by atoms with E-state index in [1.54, 1.807) is 21.1 Å². The second kappa shape index (κ2) is 10.0. The third-order valence-electron chi connectivity index (χ3n) is 5.04. The van der Waals surface area contributed by atoms with E-state index in [0.717, 1.165) is 61.2 Å². The third kappa shape index (κ3) is 5.26. The Morgan fingerprint density at radius 3 is 2.62 bits per heavy atom. The Kier molecular flexibility index (Phi) is 7.46. The van der Waals surface area contributed by atoms with Gasteiger partial charge in [0.15, 0.2) is 10.6 Å². The molecule has 0 saturated carbocycles. The number of hydrogen-bond acceptors (Lipinski definition) is 7. The maximum absolute atomic E-state index is 12.1. The zero-order valence-electron chi connectivity index (χ0n) is 17.6. The molecule has 2 heterocycles. The molecule has 8 heteroatoms. The van der Waals surface area contributed by atoms with Crippen molar-refractivity contribution in [2.45, 2.75) is 26.8 Å². The van der Waals surface area contributed by atoms with Crippen molar-refractivity contribution in [3.8, 4) is 11.5 Å². The maximum Gasteiger partial charge on any atom is 0.190 e. The SMILES string of the molecule is COc1ccc(OC)c(N=c2sc(C(C)=O)c(C)n2CCCN2CCOCC2)c1. The summed E-state index contributed by atoms with van der Waals surface area (Å²) >= 11 is 1.42. The summed E-state index contributed by atoms with van der Waals surface area (Å²) in [6.07, 6.45) is 0.983. The van der Waals surface area contributed by atoms with Crippen molar-refractivity contribution < 1.29 is 19.0 Å². The largest absolute Gasteiger partial charge is 0.497 e. The van der Waals surface area contributed by atoms with E-state index < -0.39 is 0 Å². The second-order valence-electron chi connectivity index (χ2n) is 6.96. The standard InChI is InChI=1S/C21H29N3O4S/c1-15-20(16(2)25)29-21(22-18-14-17(26-3)6-7-19(18)27-4)24(15)9-5-8-23-10-12-28-13-11-23/h6-7,14H,5,8-13H2,1-4H3. The van der Waals surface area contributed by atoms with Gasteiger partial charge in [-0.3, -0.25) is 9.69 Å². The van der Waals surface area contributed by atoms with Crippen LogP contribution in [0.1, 0.15) is 28.7 Å². The van der Waals surface area contributed by atoms with Crippen molar-refractivity contribution in [3.05, 3.63) is 33.6 Å². The molecule has 0 atom stereocenters. The molecule has 1 saturated heterocycles. The number of hydrogen-bond donors (Lipinski definition) is 0. The van der Waals surface area contributed by atoms with Crippen LogP contribution in [0.15, 0.2) is 23.2 Å². The molecule has 0 spiro atoms. The van der Waals surface area contributed by atoms with E-state index in [2.05, 4.69) is 9.47 Å². The molecule has 0 amide bonds. The minimum Gasteiger partial charge on any atom is -0.497 e. The molecule has 158 valence electrons. The topological polar surface area (TPSA) is 65.3 Å². The van der Waals surface area contributed by atoms with Gasteiger partial charge in [0.2, 0.25) is 0 Å². The number of nitrogens with zero attached hydrogens (tertiary/aromatic N) is 3. The van der Waals surface area contributed by atoms with Crippen LogP contribution >= 0.6 is 11.3 Å². The van der Waals surface area contributed by atoms with Gasteiger partial charge in [0.05, 0.1) is 32.3 Å². The van der Waals surface area contributed by atoms with Crippen LogP contribution in [0, 0.1) is 6.92 Å². The summed E-state index contributed by atoms with van der Waals surface area (Å²) in [7, 11) is 3.25. The number of morpholine rings is 1. The normalized spacial score (nSPS) is 15.5. The van der Waals surface area contributed by atoms with Crippen molar-refractivity contribution in [1.82, 2.24) is 9.47 Å². The van der Waals surface area contributed by atoms with Crippen LogP contribution in [-0.4, -0.2) is 62.3 Å². The fourth-order valence-electron chi connectivity index (χ4n) is 3.42. The van der Waals surface area contributed by atoms with Crippen LogP contribution in [0.3, 0.4) is 0 Å². The molecular formula is C21H29N3O4S. The van der Waals surface area contributed by atoms with Crippen molar-refractivity contribution in [3.63, 3.8) is 0 Å². The molecule has 3 rings (SSSR count). The highest BCUT2D eigenvalue weighted by atomic mass is 32.1. The monoisotopic (exact) mass is 419 g/mol. The molecule has 1 aromatic carbocycles. The van der Waals surface area contributed by atoms with E-state index in [4.69, 9.17) is 19.2 Å². The second-order valence-corrected chi connectivity index (χ2v) is 7.94. The summed E-state index contributed by atoms with van der Waals surface area (Å²) in [5.41, 5.74) is 1.65. The lowest BCUT2D eigenvalue weighted by Crippen LogP contribution is -2.37. The van der Waals surface area contributed by atoms with Crippen molar-refractivity contribution in [2.24, 2.45) is 4.99 Å². The van der Waals surface area contributed by atoms with Crippen LogP contribution < -0.4 is 14.3 Å². The first kappa shape index (κ1) is 21.5. The Labute approximate surface area is 175 Å². The molecule has 0 radical (unpaired) electrons. The number of Topliss-reactive ketones (excluding diaryl/α,β-unsaturated/α-hetero) is 1. The molecule has 1 fully saturated rings. The maximum atomic E-state index is 12.1. The molecule has 1 aromatic heterocycles. The van der Waals surface area contributed by atoms with Gasteiger partial charge in [0, 0.05) is 44.9 Å². The minimum absolute atomic E-state index is 0.0634. The summed E-state index contributed by atoms with van der Waals surface area (Å²) < 4.78 is 18.4. The number of thiazole rings is 1. The summed E-state index contributed by atoms with van der Waals surface area (Å²) in [6, 6.07) is 5.53. The fourth-order valence-corrected chi connectivity index (χ4v) is 4.49. The van der Waals surface area contributed by atoms with Gasteiger partial charge in [-0.05, 0) is 25.5 Å². The number of carbonyl (C=O) groups excluding carboxylic acids is 1. The molecular weight excluding hydrogens is 390 g/mol. The van der Waals surface area contributed by atoms with Crippen molar-refractivity contribution in [2.75, 3.05) is 47.1 Å². The van der Waals surface area contributed by atoms with Gasteiger partial charge in [-0.2, -0.15) is 0 Å². The van der Waals surface area contributed by atoms with Gasteiger partial charge >= 0.3 is 0 Å². The molecule has 7 nitrogen and oxygen atoms in total. The van der Waals surface area contributed by atoms with Crippen molar-refractivity contribution >= 4 is 22.8 Å². The van der Waals surface area contributed by atoms with E-state index in [0.29, 0.717) is 17.2 Å². The van der Waals surface area contributed by atoms with Gasteiger partial charge in [-0.15, -0.1) is 0 Å². The Morgan fingerprint density at radius 1 is 1.21 bits per heavy atom. The first-order valence-corrected chi connectivity index (χ1v) is 10.6. The van der Waals surface area contributed by atoms with Crippen LogP contribution in [0.4, 0.5) is 5.69 Å². The number of carbonyl (C=O) groups is 1. The van der Waals surface area contributed by atoms with Crippen LogP contribution in [0.5, 0.6) is 11.5 Å². The van der Waals surface area contributed by atoms with Crippen molar-refractivity contribution in [1.29, 1.82) is 0 Å². The Morgan fingerprint density at radius 2 is 1.97 bits per heavy atom. The van der Waals surface area contributed by atoms with Gasteiger partial charge in [0.25, 0.3) is 0 Å². The van der Waals surface area contributed by atoms with E-state index in [1.165, 1.54) is 11.3 Å². The predicted octanol–water partition coefficient (Wildman–Crippen LogP) is 3.03. The predicted molar refractivity (Wildman–Crippen MR) is 114 cm³/mol. The number of methoxy groups -OCH3 is 2. The van der Waals surface area contributed by atoms with Gasteiger partial charge < -0.3 is 18.8 Å². The summed E-state index contributed by atoms with van der Waals surface area (Å²) in [5.74, 6) is 1.44. The number of rotatable bonds is 8. The molecule has 0 aliphatic carbocycles. The lowest BCUT2D eigenvalue weighted by atomic mass is 10.3. The van der Waals surface area contributed by atoms with Crippen LogP contribution in [0.25, 0.3) is 0 Å². The number of benzene rings is 1. The average molecular weight is 420 g/mol. The molecule has 2 aromatic rings.